The summed E-state index contributed by atoms with van der Waals surface area (Å²) < 4.78 is 25.2. The average Bonchev–Trinajstić information content (AvgIpc) is 2.54. The Hall–Kier alpha value is -1.99. The summed E-state index contributed by atoms with van der Waals surface area (Å²) in [7, 11) is -3.56. The molecule has 0 atom stereocenters. The molecule has 0 aliphatic rings. The van der Waals surface area contributed by atoms with Crippen LogP contribution in [-0.2, 0) is 14.8 Å². The van der Waals surface area contributed by atoms with Gasteiger partial charge in [-0.25, -0.2) is 8.42 Å². The zero-order chi connectivity index (χ0) is 17.6. The van der Waals surface area contributed by atoms with Gasteiger partial charge in [-0.3, -0.25) is 9.10 Å². The third-order valence-corrected chi connectivity index (χ3v) is 5.29. The smallest absolute Gasteiger partial charge is 0.245 e. The van der Waals surface area contributed by atoms with Gasteiger partial charge in [0.15, 0.2) is 0 Å². The number of para-hydroxylation sites is 2. The number of carbonyl (C=O) groups excluding carboxylic acids is 1. The van der Waals surface area contributed by atoms with Gasteiger partial charge in [-0.05, 0) is 30.0 Å². The summed E-state index contributed by atoms with van der Waals surface area (Å²) in [6.45, 7) is 1.76. The number of carbonyl (C=O) groups is 1. The number of nitrogens with zero attached hydrogens (tertiary/aromatic N) is 1. The quantitative estimate of drug-likeness (QED) is 0.766. The summed E-state index contributed by atoms with van der Waals surface area (Å²) in [6.07, 6.45) is 1.09. The van der Waals surface area contributed by atoms with Crippen LogP contribution >= 0.6 is 11.8 Å². The van der Waals surface area contributed by atoms with E-state index in [2.05, 4.69) is 5.32 Å². The maximum atomic E-state index is 12.4. The second-order valence-electron chi connectivity index (χ2n) is 5.08. The van der Waals surface area contributed by atoms with Gasteiger partial charge in [0.2, 0.25) is 15.9 Å². The van der Waals surface area contributed by atoms with E-state index in [1.165, 1.54) is 0 Å². The van der Waals surface area contributed by atoms with Crippen LogP contribution in [0.4, 0.5) is 11.4 Å². The molecule has 0 bridgehead atoms. The Morgan fingerprint density at radius 3 is 2.33 bits per heavy atom. The van der Waals surface area contributed by atoms with E-state index < -0.39 is 10.0 Å². The molecule has 0 fully saturated rings. The lowest BCUT2D eigenvalue weighted by molar-refractivity contribution is -0.114. The molecule has 0 aromatic heterocycles. The number of hydrogen-bond acceptors (Lipinski definition) is 4. The van der Waals surface area contributed by atoms with Gasteiger partial charge in [0.05, 0.1) is 17.6 Å². The Balaban J connectivity index is 2.18. The molecule has 0 saturated heterocycles. The zero-order valence-electron chi connectivity index (χ0n) is 13.6. The van der Waals surface area contributed by atoms with Gasteiger partial charge in [-0.15, -0.1) is 11.8 Å². The number of thioether (sulfide) groups is 1. The van der Waals surface area contributed by atoms with Crippen molar-refractivity contribution in [2.45, 2.75) is 11.8 Å². The van der Waals surface area contributed by atoms with Crippen LogP contribution in [-0.4, -0.2) is 32.9 Å². The van der Waals surface area contributed by atoms with Crippen LogP contribution in [0.1, 0.15) is 6.92 Å². The first-order valence-electron chi connectivity index (χ1n) is 7.46. The Labute approximate surface area is 147 Å². The highest BCUT2D eigenvalue weighted by atomic mass is 32.2. The molecule has 0 aliphatic heterocycles. The first-order valence-corrected chi connectivity index (χ1v) is 10.3. The van der Waals surface area contributed by atoms with Crippen molar-refractivity contribution in [3.63, 3.8) is 0 Å². The van der Waals surface area contributed by atoms with E-state index in [9.17, 15) is 13.2 Å². The van der Waals surface area contributed by atoms with Crippen molar-refractivity contribution < 1.29 is 13.2 Å². The SMILES string of the molecule is CCSc1ccccc1NC(=O)CN(c1ccccc1)S(C)(=O)=O. The predicted molar refractivity (Wildman–Crippen MR) is 100 cm³/mol. The fraction of sp³-hybridized carbons (Fsp3) is 0.235. The highest BCUT2D eigenvalue weighted by Crippen LogP contribution is 2.26. The van der Waals surface area contributed by atoms with E-state index >= 15 is 0 Å². The Morgan fingerprint density at radius 1 is 1.08 bits per heavy atom. The standard InChI is InChI=1S/C17H20N2O3S2/c1-3-23-16-12-8-7-11-15(16)18-17(20)13-19(24(2,21)22)14-9-5-4-6-10-14/h4-12H,3,13H2,1-2H3,(H,18,20). The normalized spacial score (nSPS) is 11.1. The minimum absolute atomic E-state index is 0.270. The second kappa shape index (κ2) is 8.21. The van der Waals surface area contributed by atoms with Crippen molar-refractivity contribution in [1.29, 1.82) is 0 Å². The molecule has 128 valence electrons. The van der Waals surface area contributed by atoms with Crippen LogP contribution in [0.2, 0.25) is 0 Å². The first kappa shape index (κ1) is 18.4. The lowest BCUT2D eigenvalue weighted by Gasteiger charge is -2.22. The van der Waals surface area contributed by atoms with Gasteiger partial charge in [0, 0.05) is 4.90 Å². The molecule has 7 heteroatoms. The first-order chi connectivity index (χ1) is 11.4. The highest BCUT2D eigenvalue weighted by molar-refractivity contribution is 7.99. The summed E-state index contributed by atoms with van der Waals surface area (Å²) in [6, 6.07) is 16.1. The maximum Gasteiger partial charge on any atom is 0.245 e. The largest absolute Gasteiger partial charge is 0.323 e. The van der Waals surface area contributed by atoms with Crippen LogP contribution in [0.3, 0.4) is 0 Å². The Morgan fingerprint density at radius 2 is 1.71 bits per heavy atom. The molecule has 5 nitrogen and oxygen atoms in total. The fourth-order valence-corrected chi connectivity index (χ4v) is 3.78. The van der Waals surface area contributed by atoms with E-state index in [0.29, 0.717) is 11.4 Å². The molecule has 2 aromatic rings. The Kier molecular flexibility index (Phi) is 6.28. The van der Waals surface area contributed by atoms with Crippen molar-refractivity contribution in [2.24, 2.45) is 0 Å². The van der Waals surface area contributed by atoms with Gasteiger partial charge in [0.1, 0.15) is 6.54 Å². The van der Waals surface area contributed by atoms with E-state index in [0.717, 1.165) is 21.2 Å². The summed E-state index contributed by atoms with van der Waals surface area (Å²) >= 11 is 1.62. The highest BCUT2D eigenvalue weighted by Gasteiger charge is 2.21. The summed E-state index contributed by atoms with van der Waals surface area (Å²) in [4.78, 5) is 13.3. The van der Waals surface area contributed by atoms with Gasteiger partial charge < -0.3 is 5.32 Å². The molecular weight excluding hydrogens is 344 g/mol. The maximum absolute atomic E-state index is 12.4. The third kappa shape index (κ3) is 5.01. The molecule has 1 amide bonds. The van der Waals surface area contributed by atoms with Gasteiger partial charge in [-0.2, -0.15) is 0 Å². The Bertz CT molecular complexity index is 792. The third-order valence-electron chi connectivity index (χ3n) is 3.19. The molecule has 0 unspecified atom stereocenters. The predicted octanol–water partition coefficient (Wildman–Crippen LogP) is 3.20. The molecule has 0 aliphatic carbocycles. The molecule has 24 heavy (non-hydrogen) atoms. The van der Waals surface area contributed by atoms with E-state index in [-0.39, 0.29) is 12.5 Å². The van der Waals surface area contributed by atoms with Crippen molar-refractivity contribution >= 4 is 39.1 Å². The minimum Gasteiger partial charge on any atom is -0.323 e. The number of rotatable bonds is 7. The molecule has 1 N–H and O–H groups in total. The molecule has 0 heterocycles. The lowest BCUT2D eigenvalue weighted by Crippen LogP contribution is -2.37. The van der Waals surface area contributed by atoms with E-state index in [1.807, 2.05) is 31.2 Å². The zero-order valence-corrected chi connectivity index (χ0v) is 15.2. The summed E-state index contributed by atoms with van der Waals surface area (Å²) in [5, 5.41) is 2.80. The number of amides is 1. The number of benzene rings is 2. The topological polar surface area (TPSA) is 66.5 Å². The van der Waals surface area contributed by atoms with Gasteiger partial charge in [-0.1, -0.05) is 37.3 Å². The van der Waals surface area contributed by atoms with Crippen LogP contribution < -0.4 is 9.62 Å². The molecular formula is C17H20N2O3S2. The fourth-order valence-electron chi connectivity index (χ4n) is 2.17. The minimum atomic E-state index is -3.56. The van der Waals surface area contributed by atoms with Crippen molar-refractivity contribution in [2.75, 3.05) is 28.2 Å². The monoisotopic (exact) mass is 364 g/mol. The molecule has 2 aromatic carbocycles. The van der Waals surface area contributed by atoms with Gasteiger partial charge >= 0.3 is 0 Å². The molecule has 0 spiro atoms. The molecule has 2 rings (SSSR count). The average molecular weight is 364 g/mol. The number of sulfonamides is 1. The number of hydrogen-bond donors (Lipinski definition) is 1. The lowest BCUT2D eigenvalue weighted by atomic mass is 10.3. The summed E-state index contributed by atoms with van der Waals surface area (Å²) in [5.41, 5.74) is 1.15. The van der Waals surface area contributed by atoms with E-state index in [4.69, 9.17) is 0 Å². The van der Waals surface area contributed by atoms with Crippen molar-refractivity contribution in [1.82, 2.24) is 0 Å². The van der Waals surface area contributed by atoms with Crippen LogP contribution in [0.5, 0.6) is 0 Å². The van der Waals surface area contributed by atoms with Crippen LogP contribution in [0, 0.1) is 0 Å². The van der Waals surface area contributed by atoms with Crippen molar-refractivity contribution in [3.05, 3.63) is 54.6 Å². The van der Waals surface area contributed by atoms with Crippen molar-refractivity contribution in [3.8, 4) is 0 Å². The summed E-state index contributed by atoms with van der Waals surface area (Å²) in [5.74, 6) is 0.500. The molecule has 0 saturated carbocycles. The van der Waals surface area contributed by atoms with Crippen LogP contribution in [0.25, 0.3) is 0 Å². The second-order valence-corrected chi connectivity index (χ2v) is 8.30. The molecule has 0 radical (unpaired) electrons. The van der Waals surface area contributed by atoms with Gasteiger partial charge in [0.25, 0.3) is 0 Å². The van der Waals surface area contributed by atoms with Crippen LogP contribution in [0.15, 0.2) is 59.5 Å². The van der Waals surface area contributed by atoms with E-state index in [1.54, 1.807) is 42.1 Å². The number of nitrogens with one attached hydrogen (secondary N) is 1. The number of anilines is 2.